The minimum Gasteiger partial charge on any atom is -0.480 e. The van der Waals surface area contributed by atoms with Crippen LogP contribution in [0.1, 0.15) is 6.92 Å². The SMILES string of the molecule is CC(Nc1cccc(-n2cccc2)c1)C(=O)O. The zero-order chi connectivity index (χ0) is 12.3. The number of anilines is 1. The van der Waals surface area contributed by atoms with E-state index in [2.05, 4.69) is 5.32 Å². The smallest absolute Gasteiger partial charge is 0.325 e. The molecule has 17 heavy (non-hydrogen) atoms. The molecule has 0 aliphatic heterocycles. The molecule has 0 amide bonds. The van der Waals surface area contributed by atoms with Crippen LogP contribution < -0.4 is 5.32 Å². The molecule has 1 heterocycles. The van der Waals surface area contributed by atoms with Crippen molar-refractivity contribution < 1.29 is 9.90 Å². The molecule has 88 valence electrons. The number of nitrogens with zero attached hydrogens (tertiary/aromatic N) is 1. The summed E-state index contributed by atoms with van der Waals surface area (Å²) in [5.41, 5.74) is 1.80. The second kappa shape index (κ2) is 4.74. The van der Waals surface area contributed by atoms with Crippen LogP contribution in [-0.2, 0) is 4.79 Å². The number of aliphatic carboxylic acids is 1. The fourth-order valence-corrected chi connectivity index (χ4v) is 1.57. The third kappa shape index (κ3) is 2.66. The summed E-state index contributed by atoms with van der Waals surface area (Å²) in [6.45, 7) is 1.62. The number of rotatable bonds is 4. The summed E-state index contributed by atoms with van der Waals surface area (Å²) < 4.78 is 1.97. The Morgan fingerprint density at radius 3 is 2.65 bits per heavy atom. The van der Waals surface area contributed by atoms with E-state index in [1.165, 1.54) is 0 Å². The minimum absolute atomic E-state index is 0.602. The van der Waals surface area contributed by atoms with Gasteiger partial charge < -0.3 is 15.0 Å². The number of carboxylic acids is 1. The predicted molar refractivity (Wildman–Crippen MR) is 66.5 cm³/mol. The Kier molecular flexibility index (Phi) is 3.14. The minimum atomic E-state index is -0.864. The van der Waals surface area contributed by atoms with Gasteiger partial charge in [-0.05, 0) is 37.3 Å². The summed E-state index contributed by atoms with van der Waals surface area (Å²) in [6, 6.07) is 10.9. The first-order chi connectivity index (χ1) is 8.16. The molecule has 0 fully saturated rings. The van der Waals surface area contributed by atoms with E-state index in [1.54, 1.807) is 6.92 Å². The van der Waals surface area contributed by atoms with Gasteiger partial charge >= 0.3 is 5.97 Å². The number of aromatic nitrogens is 1. The molecule has 4 heteroatoms. The number of benzene rings is 1. The van der Waals surface area contributed by atoms with Crippen molar-refractivity contribution in [2.45, 2.75) is 13.0 Å². The van der Waals surface area contributed by atoms with Gasteiger partial charge in [0.1, 0.15) is 6.04 Å². The second-order valence-corrected chi connectivity index (χ2v) is 3.84. The first-order valence-corrected chi connectivity index (χ1v) is 5.39. The lowest BCUT2D eigenvalue weighted by atomic mass is 10.2. The zero-order valence-corrected chi connectivity index (χ0v) is 9.50. The number of hydrogen-bond acceptors (Lipinski definition) is 2. The van der Waals surface area contributed by atoms with Crippen LogP contribution in [0.2, 0.25) is 0 Å². The molecule has 0 saturated carbocycles. The highest BCUT2D eigenvalue weighted by atomic mass is 16.4. The molecular formula is C13H14N2O2. The largest absolute Gasteiger partial charge is 0.480 e. The summed E-state index contributed by atoms with van der Waals surface area (Å²) in [7, 11) is 0. The Morgan fingerprint density at radius 1 is 1.29 bits per heavy atom. The van der Waals surface area contributed by atoms with E-state index in [1.807, 2.05) is 53.4 Å². The van der Waals surface area contributed by atoms with Crippen molar-refractivity contribution in [2.75, 3.05) is 5.32 Å². The van der Waals surface area contributed by atoms with Crippen molar-refractivity contribution in [2.24, 2.45) is 0 Å². The van der Waals surface area contributed by atoms with E-state index < -0.39 is 12.0 Å². The summed E-state index contributed by atoms with van der Waals surface area (Å²) in [4.78, 5) is 10.7. The van der Waals surface area contributed by atoms with Gasteiger partial charge in [-0.1, -0.05) is 6.07 Å². The van der Waals surface area contributed by atoms with Crippen LogP contribution in [0.3, 0.4) is 0 Å². The molecule has 0 saturated heterocycles. The Balaban J connectivity index is 2.20. The van der Waals surface area contributed by atoms with Crippen molar-refractivity contribution in [1.29, 1.82) is 0 Å². The molecule has 0 radical (unpaired) electrons. The molecule has 1 atom stereocenters. The normalized spacial score (nSPS) is 12.1. The maximum Gasteiger partial charge on any atom is 0.325 e. The van der Waals surface area contributed by atoms with Crippen LogP contribution in [0.5, 0.6) is 0 Å². The van der Waals surface area contributed by atoms with E-state index >= 15 is 0 Å². The standard InChI is InChI=1S/C13H14N2O2/c1-10(13(16)17)14-11-5-4-6-12(9-11)15-7-2-3-8-15/h2-10,14H,1H3,(H,16,17). The van der Waals surface area contributed by atoms with Crippen LogP contribution in [0.15, 0.2) is 48.8 Å². The van der Waals surface area contributed by atoms with Gasteiger partial charge in [0.25, 0.3) is 0 Å². The van der Waals surface area contributed by atoms with Gasteiger partial charge in [-0.25, -0.2) is 0 Å². The monoisotopic (exact) mass is 230 g/mol. The van der Waals surface area contributed by atoms with Crippen molar-refractivity contribution in [3.8, 4) is 5.69 Å². The third-order valence-electron chi connectivity index (χ3n) is 2.50. The number of carbonyl (C=O) groups is 1. The number of hydrogen-bond donors (Lipinski definition) is 2. The van der Waals surface area contributed by atoms with Gasteiger partial charge in [0.2, 0.25) is 0 Å². The topological polar surface area (TPSA) is 54.3 Å². The fraction of sp³-hybridized carbons (Fsp3) is 0.154. The lowest BCUT2D eigenvalue weighted by Crippen LogP contribution is -2.25. The Labute approximate surface area is 99.5 Å². The maximum atomic E-state index is 10.7. The van der Waals surface area contributed by atoms with Gasteiger partial charge in [0.15, 0.2) is 0 Å². The first kappa shape index (κ1) is 11.3. The quantitative estimate of drug-likeness (QED) is 0.847. The first-order valence-electron chi connectivity index (χ1n) is 5.39. The molecular weight excluding hydrogens is 216 g/mol. The molecule has 0 aliphatic carbocycles. The van der Waals surface area contributed by atoms with Crippen LogP contribution >= 0.6 is 0 Å². The molecule has 1 unspecified atom stereocenters. The van der Waals surface area contributed by atoms with Gasteiger partial charge in [-0.2, -0.15) is 0 Å². The molecule has 1 aromatic heterocycles. The maximum absolute atomic E-state index is 10.7. The molecule has 1 aromatic carbocycles. The number of nitrogens with one attached hydrogen (secondary N) is 1. The molecule has 2 aromatic rings. The molecule has 4 nitrogen and oxygen atoms in total. The lowest BCUT2D eigenvalue weighted by Gasteiger charge is -2.12. The van der Waals surface area contributed by atoms with Crippen LogP contribution in [0, 0.1) is 0 Å². The molecule has 2 N–H and O–H groups in total. The molecule has 2 rings (SSSR count). The van der Waals surface area contributed by atoms with Crippen molar-refractivity contribution in [3.63, 3.8) is 0 Å². The average molecular weight is 230 g/mol. The summed E-state index contributed by atoms with van der Waals surface area (Å²) in [6.07, 6.45) is 3.89. The Bertz CT molecular complexity index is 506. The number of carboxylic acid groups (broad SMARTS) is 1. The van der Waals surface area contributed by atoms with Crippen molar-refractivity contribution >= 4 is 11.7 Å². The summed E-state index contributed by atoms with van der Waals surface area (Å²) >= 11 is 0. The molecule has 0 spiro atoms. The van der Waals surface area contributed by atoms with Gasteiger partial charge in [-0.15, -0.1) is 0 Å². The van der Waals surface area contributed by atoms with Crippen LogP contribution in [0.25, 0.3) is 5.69 Å². The fourth-order valence-electron chi connectivity index (χ4n) is 1.57. The van der Waals surface area contributed by atoms with E-state index in [9.17, 15) is 4.79 Å². The molecule has 0 bridgehead atoms. The lowest BCUT2D eigenvalue weighted by molar-refractivity contribution is -0.137. The van der Waals surface area contributed by atoms with E-state index in [-0.39, 0.29) is 0 Å². The Hall–Kier alpha value is -2.23. The Morgan fingerprint density at radius 2 is 2.00 bits per heavy atom. The summed E-state index contributed by atoms with van der Waals surface area (Å²) in [5, 5.41) is 11.8. The third-order valence-corrected chi connectivity index (χ3v) is 2.50. The van der Waals surface area contributed by atoms with Crippen molar-refractivity contribution in [3.05, 3.63) is 48.8 Å². The van der Waals surface area contributed by atoms with Crippen molar-refractivity contribution in [1.82, 2.24) is 4.57 Å². The zero-order valence-electron chi connectivity index (χ0n) is 9.50. The highest BCUT2D eigenvalue weighted by Gasteiger charge is 2.09. The molecule has 0 aliphatic rings. The second-order valence-electron chi connectivity index (χ2n) is 3.84. The predicted octanol–water partition coefficient (Wildman–Crippen LogP) is 2.36. The summed E-state index contributed by atoms with van der Waals surface area (Å²) in [5.74, 6) is -0.864. The van der Waals surface area contributed by atoms with E-state index in [4.69, 9.17) is 5.11 Å². The average Bonchev–Trinajstić information content (AvgIpc) is 2.82. The van der Waals surface area contributed by atoms with E-state index in [0.717, 1.165) is 11.4 Å². The van der Waals surface area contributed by atoms with E-state index in [0.29, 0.717) is 0 Å². The highest BCUT2D eigenvalue weighted by molar-refractivity contribution is 5.76. The van der Waals surface area contributed by atoms with Gasteiger partial charge in [0.05, 0.1) is 0 Å². The van der Waals surface area contributed by atoms with Crippen LogP contribution in [-0.4, -0.2) is 21.7 Å². The van der Waals surface area contributed by atoms with Crippen LogP contribution in [0.4, 0.5) is 5.69 Å². The van der Waals surface area contributed by atoms with Gasteiger partial charge in [0, 0.05) is 23.8 Å². The van der Waals surface area contributed by atoms with Gasteiger partial charge in [-0.3, -0.25) is 4.79 Å². The highest BCUT2D eigenvalue weighted by Crippen LogP contribution is 2.15.